The fourth-order valence-electron chi connectivity index (χ4n) is 1.32. The van der Waals surface area contributed by atoms with Crippen molar-refractivity contribution < 1.29 is 8.42 Å². The molecule has 0 saturated heterocycles. The number of hydrogen-bond acceptors (Lipinski definition) is 3. The number of nitrogens with zero attached hydrogens (tertiary/aromatic N) is 1. The van der Waals surface area contributed by atoms with E-state index in [1.807, 2.05) is 0 Å². The summed E-state index contributed by atoms with van der Waals surface area (Å²) in [6, 6.07) is 4.73. The zero-order valence-electron chi connectivity index (χ0n) is 7.99. The van der Waals surface area contributed by atoms with E-state index in [4.69, 9.17) is 11.6 Å². The van der Waals surface area contributed by atoms with Gasteiger partial charge in [0.25, 0.3) is 0 Å². The van der Waals surface area contributed by atoms with Gasteiger partial charge in [-0.1, -0.05) is 18.5 Å². The van der Waals surface area contributed by atoms with Crippen molar-refractivity contribution in [1.29, 1.82) is 0 Å². The standard InChI is InChI=1S/C9H9ClN2O2S/c1-2-15(13,14)6-3-4-7-8(5-6)11-12-9(7)10/h3-5H,2H2,1H3,(H,11,12). The maximum Gasteiger partial charge on any atom is 0.178 e. The van der Waals surface area contributed by atoms with Crippen LogP contribution in [0.25, 0.3) is 10.9 Å². The Labute approximate surface area is 92.2 Å². The van der Waals surface area contributed by atoms with Crippen LogP contribution >= 0.6 is 11.6 Å². The average Bonchev–Trinajstić information content (AvgIpc) is 2.60. The summed E-state index contributed by atoms with van der Waals surface area (Å²) in [6.07, 6.45) is 0. The van der Waals surface area contributed by atoms with Crippen molar-refractivity contribution in [1.82, 2.24) is 10.2 Å². The summed E-state index contributed by atoms with van der Waals surface area (Å²) in [4.78, 5) is 0.278. The van der Waals surface area contributed by atoms with Crippen LogP contribution in [-0.4, -0.2) is 24.4 Å². The maximum atomic E-state index is 11.6. The van der Waals surface area contributed by atoms with Crippen molar-refractivity contribution in [2.75, 3.05) is 5.75 Å². The largest absolute Gasteiger partial charge is 0.266 e. The lowest BCUT2D eigenvalue weighted by molar-refractivity contribution is 0.597. The second-order valence-corrected chi connectivity index (χ2v) is 5.78. The van der Waals surface area contributed by atoms with E-state index in [1.165, 1.54) is 6.07 Å². The van der Waals surface area contributed by atoms with Crippen LogP contribution in [-0.2, 0) is 9.84 Å². The van der Waals surface area contributed by atoms with E-state index in [2.05, 4.69) is 10.2 Å². The molecule has 0 unspecified atom stereocenters. The Morgan fingerprint density at radius 1 is 1.47 bits per heavy atom. The topological polar surface area (TPSA) is 62.8 Å². The Morgan fingerprint density at radius 3 is 2.87 bits per heavy atom. The van der Waals surface area contributed by atoms with Crippen LogP contribution in [0.5, 0.6) is 0 Å². The van der Waals surface area contributed by atoms with Crippen molar-refractivity contribution in [2.24, 2.45) is 0 Å². The smallest absolute Gasteiger partial charge is 0.178 e. The van der Waals surface area contributed by atoms with Gasteiger partial charge in [-0.15, -0.1) is 0 Å². The molecule has 0 aliphatic heterocycles. The highest BCUT2D eigenvalue weighted by Gasteiger charge is 2.13. The highest BCUT2D eigenvalue weighted by Crippen LogP contribution is 2.23. The molecule has 1 heterocycles. The van der Waals surface area contributed by atoms with Gasteiger partial charge in [-0.2, -0.15) is 5.10 Å². The van der Waals surface area contributed by atoms with Crippen molar-refractivity contribution in [3.05, 3.63) is 23.4 Å². The summed E-state index contributed by atoms with van der Waals surface area (Å²) in [5.41, 5.74) is 0.564. The molecule has 0 spiro atoms. The highest BCUT2D eigenvalue weighted by atomic mass is 35.5. The van der Waals surface area contributed by atoms with Crippen LogP contribution in [0.15, 0.2) is 23.1 Å². The first kappa shape index (κ1) is 10.4. The molecule has 0 amide bonds. The molecular weight excluding hydrogens is 236 g/mol. The van der Waals surface area contributed by atoms with Crippen LogP contribution < -0.4 is 0 Å². The third-order valence-corrected chi connectivity index (χ3v) is 4.24. The number of rotatable bonds is 2. The summed E-state index contributed by atoms with van der Waals surface area (Å²) >= 11 is 5.81. The minimum atomic E-state index is -3.18. The van der Waals surface area contributed by atoms with Gasteiger partial charge in [0.15, 0.2) is 9.84 Å². The molecule has 0 bridgehead atoms. The number of fused-ring (bicyclic) bond motifs is 1. The van der Waals surface area contributed by atoms with Gasteiger partial charge in [-0.05, 0) is 18.2 Å². The quantitative estimate of drug-likeness (QED) is 0.879. The number of halogens is 1. The molecule has 0 saturated carbocycles. The molecule has 2 aromatic rings. The molecule has 4 nitrogen and oxygen atoms in total. The molecule has 0 fully saturated rings. The SMILES string of the molecule is CCS(=O)(=O)c1ccc2c(Cl)[nH]nc2c1. The monoisotopic (exact) mass is 244 g/mol. The third-order valence-electron chi connectivity index (χ3n) is 2.22. The van der Waals surface area contributed by atoms with Crippen molar-refractivity contribution in [3.8, 4) is 0 Å². The Kier molecular flexibility index (Phi) is 2.44. The van der Waals surface area contributed by atoms with Crippen molar-refractivity contribution in [3.63, 3.8) is 0 Å². The third kappa shape index (κ3) is 1.72. The first-order chi connectivity index (χ1) is 7.04. The number of sulfone groups is 1. The molecule has 0 aliphatic rings. The van der Waals surface area contributed by atoms with E-state index >= 15 is 0 Å². The Bertz CT molecular complexity index is 604. The summed E-state index contributed by atoms with van der Waals surface area (Å²) in [5, 5.41) is 7.65. The molecule has 0 radical (unpaired) electrons. The minimum Gasteiger partial charge on any atom is -0.266 e. The summed E-state index contributed by atoms with van der Waals surface area (Å²) in [7, 11) is -3.18. The molecule has 1 aromatic heterocycles. The van der Waals surface area contributed by atoms with Gasteiger partial charge in [0.1, 0.15) is 5.15 Å². The molecule has 1 aromatic carbocycles. The molecule has 0 atom stereocenters. The molecule has 15 heavy (non-hydrogen) atoms. The molecule has 80 valence electrons. The highest BCUT2D eigenvalue weighted by molar-refractivity contribution is 7.91. The minimum absolute atomic E-state index is 0.0800. The Hall–Kier alpha value is -1.07. The van der Waals surface area contributed by atoms with Crippen LogP contribution in [0.2, 0.25) is 5.15 Å². The Balaban J connectivity index is 2.67. The lowest BCUT2D eigenvalue weighted by Gasteiger charge is -1.99. The number of H-pyrrole nitrogens is 1. The zero-order chi connectivity index (χ0) is 11.1. The fourth-order valence-corrected chi connectivity index (χ4v) is 2.42. The fraction of sp³-hybridized carbons (Fsp3) is 0.222. The van der Waals surface area contributed by atoms with Gasteiger partial charge in [0.2, 0.25) is 0 Å². The number of aromatic amines is 1. The van der Waals surface area contributed by atoms with E-state index in [1.54, 1.807) is 19.1 Å². The summed E-state index contributed by atoms with van der Waals surface area (Å²) in [5.74, 6) is 0.0800. The van der Waals surface area contributed by atoms with Gasteiger partial charge < -0.3 is 0 Å². The van der Waals surface area contributed by atoms with E-state index in [0.717, 1.165) is 5.39 Å². The van der Waals surface area contributed by atoms with Crippen molar-refractivity contribution >= 4 is 32.3 Å². The van der Waals surface area contributed by atoms with Gasteiger partial charge >= 0.3 is 0 Å². The molecule has 2 rings (SSSR count). The molecule has 1 N–H and O–H groups in total. The summed E-state index contributed by atoms with van der Waals surface area (Å²) < 4.78 is 23.2. The Morgan fingerprint density at radius 2 is 2.20 bits per heavy atom. The van der Waals surface area contributed by atoms with Gasteiger partial charge in [-0.25, -0.2) is 8.42 Å². The van der Waals surface area contributed by atoms with Gasteiger partial charge in [-0.3, -0.25) is 5.10 Å². The molecule has 6 heteroatoms. The lowest BCUT2D eigenvalue weighted by Crippen LogP contribution is -2.03. The number of nitrogens with one attached hydrogen (secondary N) is 1. The summed E-state index contributed by atoms with van der Waals surface area (Å²) in [6.45, 7) is 1.61. The normalized spacial score (nSPS) is 12.1. The van der Waals surface area contributed by atoms with Crippen molar-refractivity contribution in [2.45, 2.75) is 11.8 Å². The average molecular weight is 245 g/mol. The zero-order valence-corrected chi connectivity index (χ0v) is 9.56. The van der Waals surface area contributed by atoms with E-state index in [0.29, 0.717) is 10.7 Å². The second-order valence-electron chi connectivity index (χ2n) is 3.12. The predicted molar refractivity (Wildman–Crippen MR) is 58.8 cm³/mol. The maximum absolute atomic E-state index is 11.6. The predicted octanol–water partition coefficient (Wildman–Crippen LogP) is 2.01. The molecular formula is C9H9ClN2O2S. The van der Waals surface area contributed by atoms with Gasteiger partial charge in [0.05, 0.1) is 16.2 Å². The van der Waals surface area contributed by atoms with Crippen LogP contribution in [0.1, 0.15) is 6.92 Å². The van der Waals surface area contributed by atoms with E-state index in [9.17, 15) is 8.42 Å². The molecule has 0 aliphatic carbocycles. The van der Waals surface area contributed by atoms with E-state index in [-0.39, 0.29) is 10.6 Å². The van der Waals surface area contributed by atoms with Gasteiger partial charge in [0, 0.05) is 5.39 Å². The first-order valence-electron chi connectivity index (χ1n) is 4.41. The van der Waals surface area contributed by atoms with Crippen LogP contribution in [0, 0.1) is 0 Å². The number of aromatic nitrogens is 2. The number of hydrogen-bond donors (Lipinski definition) is 1. The lowest BCUT2D eigenvalue weighted by atomic mass is 10.3. The first-order valence-corrected chi connectivity index (χ1v) is 6.44. The van der Waals surface area contributed by atoms with E-state index < -0.39 is 9.84 Å². The van der Waals surface area contributed by atoms with Crippen LogP contribution in [0.3, 0.4) is 0 Å². The number of benzene rings is 1. The second kappa shape index (κ2) is 3.50. The van der Waals surface area contributed by atoms with Crippen LogP contribution in [0.4, 0.5) is 0 Å².